The van der Waals surface area contributed by atoms with E-state index in [1.165, 1.54) is 17.5 Å². The second-order valence-corrected chi connectivity index (χ2v) is 9.59. The van der Waals surface area contributed by atoms with Crippen LogP contribution in [0.2, 0.25) is 0 Å². The maximum atomic E-state index is 12.7. The van der Waals surface area contributed by atoms with Gasteiger partial charge in [0.25, 0.3) is 11.8 Å². The standard InChI is InChI=1S/C20H23N5O4S2/c1-3-18-23-11-17(30-18)20(27)25-16(13-6-4-12(2)5-7-13)10-24-19(26)15-8-14(9-22-15)31(21,28)29/h4-9,11,16,22H,3,10H2,1-2H3,(H,24,26)(H,25,27)(H2,21,28,29). The van der Waals surface area contributed by atoms with E-state index in [1.54, 1.807) is 0 Å². The fourth-order valence-electron chi connectivity index (χ4n) is 2.82. The highest BCUT2D eigenvalue weighted by molar-refractivity contribution is 7.89. The van der Waals surface area contributed by atoms with Crippen molar-refractivity contribution in [3.05, 3.63) is 69.4 Å². The van der Waals surface area contributed by atoms with E-state index in [2.05, 4.69) is 20.6 Å². The molecule has 2 heterocycles. The van der Waals surface area contributed by atoms with E-state index >= 15 is 0 Å². The lowest BCUT2D eigenvalue weighted by Gasteiger charge is -2.19. The molecule has 3 aromatic rings. The van der Waals surface area contributed by atoms with Gasteiger partial charge in [0.15, 0.2) is 0 Å². The zero-order valence-corrected chi connectivity index (χ0v) is 18.6. The number of nitrogens with two attached hydrogens (primary N) is 1. The third-order valence-electron chi connectivity index (χ3n) is 4.56. The van der Waals surface area contributed by atoms with Gasteiger partial charge in [0.2, 0.25) is 10.0 Å². The molecule has 1 aromatic carbocycles. The van der Waals surface area contributed by atoms with Gasteiger partial charge in [-0.15, -0.1) is 11.3 Å². The number of aromatic amines is 1. The number of rotatable bonds is 8. The number of benzene rings is 1. The minimum absolute atomic E-state index is 0.0491. The van der Waals surface area contributed by atoms with Crippen LogP contribution in [0, 0.1) is 6.92 Å². The SMILES string of the molecule is CCc1ncc(C(=O)NC(CNC(=O)c2cc(S(N)(=O)=O)c[nH]2)c2ccc(C)cc2)s1. The topological polar surface area (TPSA) is 147 Å². The number of nitrogens with zero attached hydrogens (tertiary/aromatic N) is 1. The Bertz CT molecular complexity index is 1180. The Labute approximate surface area is 184 Å². The van der Waals surface area contributed by atoms with Gasteiger partial charge in [-0.2, -0.15) is 0 Å². The molecule has 3 rings (SSSR count). The van der Waals surface area contributed by atoms with Crippen LogP contribution in [0.25, 0.3) is 0 Å². The summed E-state index contributed by atoms with van der Waals surface area (Å²) in [5, 5.41) is 11.6. The number of H-pyrrole nitrogens is 1. The Morgan fingerprint density at radius 1 is 1.23 bits per heavy atom. The van der Waals surface area contributed by atoms with Gasteiger partial charge in [0.05, 0.1) is 22.1 Å². The number of aromatic nitrogens is 2. The van der Waals surface area contributed by atoms with Crippen molar-refractivity contribution in [2.75, 3.05) is 6.54 Å². The summed E-state index contributed by atoms with van der Waals surface area (Å²) in [6.07, 6.45) is 3.43. The maximum absolute atomic E-state index is 12.7. The second-order valence-electron chi connectivity index (χ2n) is 6.91. The zero-order chi connectivity index (χ0) is 22.6. The molecule has 2 amide bonds. The third-order valence-corrected chi connectivity index (χ3v) is 6.59. The van der Waals surface area contributed by atoms with E-state index in [-0.39, 0.29) is 23.0 Å². The van der Waals surface area contributed by atoms with E-state index in [9.17, 15) is 18.0 Å². The molecule has 1 unspecified atom stereocenters. The Morgan fingerprint density at radius 3 is 2.52 bits per heavy atom. The van der Waals surface area contributed by atoms with E-state index in [4.69, 9.17) is 5.14 Å². The lowest BCUT2D eigenvalue weighted by atomic mass is 10.0. The zero-order valence-electron chi connectivity index (χ0n) is 17.0. The Kier molecular flexibility index (Phi) is 6.88. The molecule has 0 saturated heterocycles. The monoisotopic (exact) mass is 461 g/mol. The first-order valence-corrected chi connectivity index (χ1v) is 11.8. The molecular formula is C20H23N5O4S2. The molecule has 0 saturated carbocycles. The molecule has 0 spiro atoms. The van der Waals surface area contributed by atoms with E-state index < -0.39 is 22.0 Å². The minimum Gasteiger partial charge on any atom is -0.356 e. The summed E-state index contributed by atoms with van der Waals surface area (Å²) in [5.41, 5.74) is 1.93. The number of hydrogen-bond acceptors (Lipinski definition) is 6. The van der Waals surface area contributed by atoms with Crippen LogP contribution in [0.15, 0.2) is 47.6 Å². The van der Waals surface area contributed by atoms with E-state index in [1.807, 2.05) is 38.1 Å². The van der Waals surface area contributed by atoms with Crippen LogP contribution in [0.3, 0.4) is 0 Å². The van der Waals surface area contributed by atoms with Gasteiger partial charge in [0, 0.05) is 12.7 Å². The van der Waals surface area contributed by atoms with Crippen molar-refractivity contribution in [2.24, 2.45) is 5.14 Å². The van der Waals surface area contributed by atoms with Crippen LogP contribution in [0.5, 0.6) is 0 Å². The van der Waals surface area contributed by atoms with Gasteiger partial charge in [-0.1, -0.05) is 36.8 Å². The van der Waals surface area contributed by atoms with Crippen molar-refractivity contribution in [3.63, 3.8) is 0 Å². The highest BCUT2D eigenvalue weighted by atomic mass is 32.2. The number of hydrogen-bond donors (Lipinski definition) is 4. The van der Waals surface area contributed by atoms with Crippen molar-refractivity contribution in [3.8, 4) is 0 Å². The summed E-state index contributed by atoms with van der Waals surface area (Å²) in [6, 6.07) is 8.25. The number of nitrogens with one attached hydrogen (secondary N) is 3. The lowest BCUT2D eigenvalue weighted by Crippen LogP contribution is -2.37. The van der Waals surface area contributed by atoms with Crippen molar-refractivity contribution < 1.29 is 18.0 Å². The molecule has 11 heteroatoms. The van der Waals surface area contributed by atoms with Gasteiger partial charge in [-0.25, -0.2) is 18.5 Å². The molecule has 5 N–H and O–H groups in total. The average Bonchev–Trinajstić information content (AvgIpc) is 3.41. The van der Waals surface area contributed by atoms with Crippen molar-refractivity contribution in [1.29, 1.82) is 0 Å². The number of sulfonamides is 1. The average molecular weight is 462 g/mol. The van der Waals surface area contributed by atoms with Gasteiger partial charge in [-0.05, 0) is 25.0 Å². The summed E-state index contributed by atoms with van der Waals surface area (Å²) >= 11 is 1.32. The van der Waals surface area contributed by atoms with Crippen LogP contribution in [-0.2, 0) is 16.4 Å². The van der Waals surface area contributed by atoms with Crippen LogP contribution in [0.4, 0.5) is 0 Å². The van der Waals surface area contributed by atoms with Crippen LogP contribution in [-0.4, -0.2) is 36.7 Å². The largest absolute Gasteiger partial charge is 0.356 e. The molecule has 9 nitrogen and oxygen atoms in total. The van der Waals surface area contributed by atoms with Crippen molar-refractivity contribution >= 4 is 33.2 Å². The maximum Gasteiger partial charge on any atom is 0.267 e. The summed E-state index contributed by atoms with van der Waals surface area (Å²) in [7, 11) is -3.91. The number of carbonyl (C=O) groups is 2. The Morgan fingerprint density at radius 2 is 1.94 bits per heavy atom. The van der Waals surface area contributed by atoms with E-state index in [0.717, 1.165) is 34.8 Å². The molecule has 2 aromatic heterocycles. The van der Waals surface area contributed by atoms with Gasteiger partial charge in [0.1, 0.15) is 10.6 Å². The van der Waals surface area contributed by atoms with Crippen molar-refractivity contribution in [1.82, 2.24) is 20.6 Å². The first-order valence-electron chi connectivity index (χ1n) is 9.49. The summed E-state index contributed by atoms with van der Waals surface area (Å²) in [6.45, 7) is 4.01. The fraction of sp³-hybridized carbons (Fsp3) is 0.250. The van der Waals surface area contributed by atoms with Crippen LogP contribution < -0.4 is 15.8 Å². The van der Waals surface area contributed by atoms with Crippen LogP contribution in [0.1, 0.15) is 49.3 Å². The predicted octanol–water partition coefficient (Wildman–Crippen LogP) is 1.89. The lowest BCUT2D eigenvalue weighted by molar-refractivity contribution is 0.0909. The van der Waals surface area contributed by atoms with Gasteiger partial charge >= 0.3 is 0 Å². The first kappa shape index (κ1) is 22.7. The number of aryl methyl sites for hydroxylation is 2. The Balaban J connectivity index is 1.75. The molecule has 164 valence electrons. The number of thiazole rings is 1. The second kappa shape index (κ2) is 9.41. The highest BCUT2D eigenvalue weighted by Gasteiger charge is 2.20. The molecule has 0 bridgehead atoms. The molecule has 31 heavy (non-hydrogen) atoms. The molecule has 0 aliphatic rings. The number of carbonyl (C=O) groups excluding carboxylic acids is 2. The molecule has 1 atom stereocenters. The van der Waals surface area contributed by atoms with Gasteiger partial charge in [-0.3, -0.25) is 9.59 Å². The fourth-order valence-corrected chi connectivity index (χ4v) is 4.08. The Hall–Kier alpha value is -3.02. The smallest absolute Gasteiger partial charge is 0.267 e. The molecule has 0 fully saturated rings. The van der Waals surface area contributed by atoms with Crippen molar-refractivity contribution in [2.45, 2.75) is 31.2 Å². The molecular weight excluding hydrogens is 438 g/mol. The summed E-state index contributed by atoms with van der Waals surface area (Å²) in [4.78, 5) is 32.3. The van der Waals surface area contributed by atoms with Crippen LogP contribution >= 0.6 is 11.3 Å². The highest BCUT2D eigenvalue weighted by Crippen LogP contribution is 2.18. The summed E-state index contributed by atoms with van der Waals surface area (Å²) in [5.74, 6) is -0.805. The molecule has 0 aliphatic heterocycles. The van der Waals surface area contributed by atoms with Gasteiger partial charge < -0.3 is 15.6 Å². The molecule has 0 aliphatic carbocycles. The summed E-state index contributed by atoms with van der Waals surface area (Å²) < 4.78 is 22.8. The predicted molar refractivity (Wildman–Crippen MR) is 117 cm³/mol. The van der Waals surface area contributed by atoms with E-state index in [0.29, 0.717) is 4.88 Å². The molecule has 0 radical (unpaired) electrons. The number of primary sulfonamides is 1. The normalized spacial score (nSPS) is 12.4. The quantitative estimate of drug-likeness (QED) is 0.404. The number of amides is 2. The third kappa shape index (κ3) is 5.78. The first-order chi connectivity index (χ1) is 14.7. The minimum atomic E-state index is -3.91.